The highest BCUT2D eigenvalue weighted by molar-refractivity contribution is 5.75. The topological polar surface area (TPSA) is 52.6 Å². The first kappa shape index (κ1) is 27.0. The summed E-state index contributed by atoms with van der Waals surface area (Å²) < 4.78 is 11.7. The van der Waals surface area contributed by atoms with Gasteiger partial charge in [0, 0.05) is 0 Å². The van der Waals surface area contributed by atoms with Crippen LogP contribution in [-0.4, -0.2) is 24.1 Å². The fourth-order valence-electron chi connectivity index (χ4n) is 4.50. The Morgan fingerprint density at radius 2 is 0.967 bits per heavy atom. The minimum atomic E-state index is -0.0458. The molecule has 0 N–H and O–H groups in total. The van der Waals surface area contributed by atoms with E-state index in [4.69, 9.17) is 9.47 Å². The lowest BCUT2D eigenvalue weighted by atomic mass is 9.82. The van der Waals surface area contributed by atoms with Crippen molar-refractivity contribution in [3.05, 3.63) is 0 Å². The molecule has 0 amide bonds. The molecule has 4 nitrogen and oxygen atoms in total. The Morgan fingerprint density at radius 3 is 1.27 bits per heavy atom. The molecule has 0 saturated heterocycles. The van der Waals surface area contributed by atoms with Gasteiger partial charge in [0.25, 0.3) is 0 Å². The maximum Gasteiger partial charge on any atom is 0.309 e. The largest absolute Gasteiger partial charge is 0.462 e. The molecular weight excluding hydrogens is 376 g/mol. The van der Waals surface area contributed by atoms with E-state index in [1.807, 2.05) is 0 Å². The Kier molecular flexibility index (Phi) is 14.9. The second kappa shape index (κ2) is 16.6. The van der Waals surface area contributed by atoms with E-state index in [9.17, 15) is 9.59 Å². The van der Waals surface area contributed by atoms with Crippen molar-refractivity contribution in [3.63, 3.8) is 0 Å². The average molecular weight is 425 g/mol. The van der Waals surface area contributed by atoms with Crippen LogP contribution in [0.5, 0.6) is 0 Å². The summed E-state index contributed by atoms with van der Waals surface area (Å²) in [6.45, 7) is 8.68. The summed E-state index contributed by atoms with van der Waals surface area (Å²) in [5, 5.41) is 0. The van der Waals surface area contributed by atoms with Gasteiger partial charge in [0.15, 0.2) is 0 Å². The van der Waals surface area contributed by atoms with Gasteiger partial charge < -0.3 is 9.47 Å². The number of unbranched alkanes of at least 4 members (excludes halogenated alkanes) is 4. The van der Waals surface area contributed by atoms with Gasteiger partial charge in [-0.1, -0.05) is 66.2 Å². The maximum atomic E-state index is 12.7. The molecule has 1 aliphatic carbocycles. The van der Waals surface area contributed by atoms with Crippen LogP contribution in [0.25, 0.3) is 0 Å². The molecule has 0 heterocycles. The molecule has 0 bridgehead atoms. The van der Waals surface area contributed by atoms with Crippen LogP contribution in [0.4, 0.5) is 0 Å². The standard InChI is InChI=1S/C26H48O4/c1-5-9-11-15-23(13-7-3)29-25(27)21-17-19-22(20-18-21)26(28)30-24(14-8-4)16-12-10-6-2/h21-24H,5-20H2,1-4H3. The molecule has 0 spiro atoms. The molecule has 0 aromatic carbocycles. The zero-order valence-electron chi connectivity index (χ0n) is 20.3. The normalized spacial score (nSPS) is 21.1. The van der Waals surface area contributed by atoms with Crippen LogP contribution in [0.1, 0.15) is 130 Å². The van der Waals surface area contributed by atoms with E-state index in [-0.39, 0.29) is 36.0 Å². The third-order valence-corrected chi connectivity index (χ3v) is 6.44. The summed E-state index contributed by atoms with van der Waals surface area (Å²) in [7, 11) is 0. The molecule has 2 atom stereocenters. The van der Waals surface area contributed by atoms with Gasteiger partial charge >= 0.3 is 11.9 Å². The van der Waals surface area contributed by atoms with Crippen molar-refractivity contribution in [3.8, 4) is 0 Å². The molecule has 1 fully saturated rings. The van der Waals surface area contributed by atoms with Crippen molar-refractivity contribution in [2.75, 3.05) is 0 Å². The summed E-state index contributed by atoms with van der Waals surface area (Å²) in [4.78, 5) is 25.3. The van der Waals surface area contributed by atoms with E-state index in [0.717, 1.165) is 77.0 Å². The molecule has 1 rings (SSSR count). The highest BCUT2D eigenvalue weighted by atomic mass is 16.5. The monoisotopic (exact) mass is 424 g/mol. The van der Waals surface area contributed by atoms with Gasteiger partial charge in [-0.15, -0.1) is 0 Å². The Hall–Kier alpha value is -1.06. The maximum absolute atomic E-state index is 12.7. The molecule has 0 aliphatic heterocycles. The Labute approximate surface area is 185 Å². The lowest BCUT2D eigenvalue weighted by Gasteiger charge is -2.29. The van der Waals surface area contributed by atoms with E-state index in [1.165, 1.54) is 25.7 Å². The van der Waals surface area contributed by atoms with Crippen LogP contribution in [0, 0.1) is 11.8 Å². The second-order valence-corrected chi connectivity index (χ2v) is 9.24. The van der Waals surface area contributed by atoms with Gasteiger partial charge in [0.05, 0.1) is 11.8 Å². The predicted octanol–water partition coefficient (Wildman–Crippen LogP) is 7.38. The quantitative estimate of drug-likeness (QED) is 0.192. The smallest absolute Gasteiger partial charge is 0.309 e. The molecule has 0 radical (unpaired) electrons. The molecule has 176 valence electrons. The number of ether oxygens (including phenoxy) is 2. The van der Waals surface area contributed by atoms with Crippen LogP contribution in [0.3, 0.4) is 0 Å². The van der Waals surface area contributed by atoms with Crippen molar-refractivity contribution in [2.24, 2.45) is 11.8 Å². The average Bonchev–Trinajstić information content (AvgIpc) is 2.74. The van der Waals surface area contributed by atoms with E-state index >= 15 is 0 Å². The predicted molar refractivity (Wildman–Crippen MR) is 123 cm³/mol. The minimum absolute atomic E-state index is 0.0415. The summed E-state index contributed by atoms with van der Waals surface area (Å²) in [5.41, 5.74) is 0. The van der Waals surface area contributed by atoms with Crippen molar-refractivity contribution in [1.82, 2.24) is 0 Å². The first-order chi connectivity index (χ1) is 14.5. The van der Waals surface area contributed by atoms with Gasteiger partial charge in [-0.05, 0) is 64.2 Å². The number of carbonyl (C=O) groups excluding carboxylic acids is 2. The molecular formula is C26H48O4. The van der Waals surface area contributed by atoms with Crippen molar-refractivity contribution < 1.29 is 19.1 Å². The fraction of sp³-hybridized carbons (Fsp3) is 0.923. The number of hydrogen-bond acceptors (Lipinski definition) is 4. The summed E-state index contributed by atoms with van der Waals surface area (Å²) in [6, 6.07) is 0. The van der Waals surface area contributed by atoms with Crippen LogP contribution >= 0.6 is 0 Å². The van der Waals surface area contributed by atoms with E-state index < -0.39 is 0 Å². The number of rotatable bonds is 16. The fourth-order valence-corrected chi connectivity index (χ4v) is 4.50. The van der Waals surface area contributed by atoms with Crippen LogP contribution in [0.2, 0.25) is 0 Å². The summed E-state index contributed by atoms with van der Waals surface area (Å²) >= 11 is 0. The third kappa shape index (κ3) is 10.8. The molecule has 1 aliphatic rings. The van der Waals surface area contributed by atoms with Crippen LogP contribution < -0.4 is 0 Å². The Morgan fingerprint density at radius 1 is 0.600 bits per heavy atom. The third-order valence-electron chi connectivity index (χ3n) is 6.44. The van der Waals surface area contributed by atoms with Gasteiger partial charge in [-0.25, -0.2) is 0 Å². The van der Waals surface area contributed by atoms with Gasteiger partial charge in [0.2, 0.25) is 0 Å². The summed E-state index contributed by atoms with van der Waals surface area (Å²) in [6.07, 6.45) is 16.1. The highest BCUT2D eigenvalue weighted by Gasteiger charge is 2.33. The Bertz CT molecular complexity index is 412. The second-order valence-electron chi connectivity index (χ2n) is 9.24. The molecule has 2 unspecified atom stereocenters. The first-order valence-electron chi connectivity index (χ1n) is 13.0. The van der Waals surface area contributed by atoms with Crippen LogP contribution in [0.15, 0.2) is 0 Å². The number of hydrogen-bond donors (Lipinski definition) is 0. The van der Waals surface area contributed by atoms with E-state index in [2.05, 4.69) is 27.7 Å². The first-order valence-corrected chi connectivity index (χ1v) is 13.0. The lowest BCUT2D eigenvalue weighted by molar-refractivity contribution is -0.161. The highest BCUT2D eigenvalue weighted by Crippen LogP contribution is 2.32. The zero-order chi connectivity index (χ0) is 22.2. The molecule has 30 heavy (non-hydrogen) atoms. The van der Waals surface area contributed by atoms with Crippen molar-refractivity contribution in [1.29, 1.82) is 0 Å². The van der Waals surface area contributed by atoms with Gasteiger partial charge in [-0.2, -0.15) is 0 Å². The van der Waals surface area contributed by atoms with Crippen LogP contribution in [-0.2, 0) is 19.1 Å². The number of esters is 2. The minimum Gasteiger partial charge on any atom is -0.462 e. The zero-order valence-corrected chi connectivity index (χ0v) is 20.3. The molecule has 0 aromatic heterocycles. The molecule has 0 aromatic rings. The molecule has 4 heteroatoms. The SMILES string of the molecule is CCCCCC(CCC)OC(=O)C1CCC(C(=O)OC(CCC)CCCCC)CC1. The summed E-state index contributed by atoms with van der Waals surface area (Å²) in [5.74, 6) is -0.175. The van der Waals surface area contributed by atoms with Crippen molar-refractivity contribution >= 4 is 11.9 Å². The Balaban J connectivity index is 2.42. The van der Waals surface area contributed by atoms with Gasteiger partial charge in [0.1, 0.15) is 12.2 Å². The number of carbonyl (C=O) groups is 2. The van der Waals surface area contributed by atoms with Crippen molar-refractivity contribution in [2.45, 2.75) is 143 Å². The van der Waals surface area contributed by atoms with E-state index in [0.29, 0.717) is 0 Å². The lowest BCUT2D eigenvalue weighted by Crippen LogP contribution is -2.32. The van der Waals surface area contributed by atoms with E-state index in [1.54, 1.807) is 0 Å². The van der Waals surface area contributed by atoms with Gasteiger partial charge in [-0.3, -0.25) is 9.59 Å². The molecule has 1 saturated carbocycles.